The van der Waals surface area contributed by atoms with Gasteiger partial charge in [0.25, 0.3) is 0 Å². The average Bonchev–Trinajstić information content (AvgIpc) is 2.87. The monoisotopic (exact) mass is 241 g/mol. The van der Waals surface area contributed by atoms with Crippen molar-refractivity contribution in [1.82, 2.24) is 9.36 Å². The molecule has 90 valence electrons. The number of nitrogens with one attached hydrogen (secondary N) is 1. The molecule has 1 fully saturated rings. The molecule has 0 saturated carbocycles. The Bertz CT molecular complexity index is 321. The molecule has 1 atom stereocenters. The quantitative estimate of drug-likeness (QED) is 0.859. The van der Waals surface area contributed by atoms with Crippen molar-refractivity contribution in [2.24, 2.45) is 5.92 Å². The molecule has 1 aliphatic rings. The SMILES string of the molecule is CC(C)CNc1nc(CC2CCCO2)ns1. The van der Waals surface area contributed by atoms with E-state index in [1.165, 1.54) is 18.0 Å². The summed E-state index contributed by atoms with van der Waals surface area (Å²) >= 11 is 1.45. The number of hydrogen-bond donors (Lipinski definition) is 1. The zero-order valence-electron chi connectivity index (χ0n) is 9.90. The van der Waals surface area contributed by atoms with Crippen LogP contribution in [0.2, 0.25) is 0 Å². The van der Waals surface area contributed by atoms with Gasteiger partial charge >= 0.3 is 0 Å². The van der Waals surface area contributed by atoms with Gasteiger partial charge in [-0.1, -0.05) is 13.8 Å². The third-order valence-electron chi connectivity index (χ3n) is 2.56. The van der Waals surface area contributed by atoms with E-state index in [1.54, 1.807) is 0 Å². The van der Waals surface area contributed by atoms with E-state index in [-0.39, 0.29) is 0 Å². The minimum absolute atomic E-state index is 0.340. The number of anilines is 1. The Morgan fingerprint density at radius 2 is 2.44 bits per heavy atom. The predicted octanol–water partition coefficient (Wildman–Crippen LogP) is 2.33. The Kier molecular flexibility index (Phi) is 4.12. The van der Waals surface area contributed by atoms with Gasteiger partial charge in [0.2, 0.25) is 5.13 Å². The Balaban J connectivity index is 1.81. The number of rotatable bonds is 5. The number of ether oxygens (including phenoxy) is 1. The Hall–Kier alpha value is -0.680. The molecule has 0 radical (unpaired) electrons. The summed E-state index contributed by atoms with van der Waals surface area (Å²) < 4.78 is 9.91. The molecule has 0 spiro atoms. The van der Waals surface area contributed by atoms with Gasteiger partial charge in [-0.2, -0.15) is 4.37 Å². The number of aromatic nitrogens is 2. The van der Waals surface area contributed by atoms with Crippen molar-refractivity contribution in [2.45, 2.75) is 39.2 Å². The molecule has 0 aromatic carbocycles. The minimum atomic E-state index is 0.340. The molecule has 16 heavy (non-hydrogen) atoms. The van der Waals surface area contributed by atoms with Gasteiger partial charge in [-0.25, -0.2) is 4.98 Å². The van der Waals surface area contributed by atoms with Crippen molar-refractivity contribution in [3.63, 3.8) is 0 Å². The molecular formula is C11H19N3OS. The molecule has 4 nitrogen and oxygen atoms in total. The van der Waals surface area contributed by atoms with Gasteiger partial charge in [0.1, 0.15) is 5.82 Å². The maximum absolute atomic E-state index is 5.57. The maximum atomic E-state index is 5.57. The molecule has 1 saturated heterocycles. The number of nitrogens with zero attached hydrogens (tertiary/aromatic N) is 2. The van der Waals surface area contributed by atoms with Crippen LogP contribution in [-0.2, 0) is 11.2 Å². The summed E-state index contributed by atoms with van der Waals surface area (Å²) in [5, 5.41) is 4.23. The second kappa shape index (κ2) is 5.59. The van der Waals surface area contributed by atoms with Gasteiger partial charge in [0, 0.05) is 31.1 Å². The summed E-state index contributed by atoms with van der Waals surface area (Å²) in [4.78, 5) is 4.46. The lowest BCUT2D eigenvalue weighted by molar-refractivity contribution is 0.110. The van der Waals surface area contributed by atoms with Crippen LogP contribution in [0.1, 0.15) is 32.5 Å². The summed E-state index contributed by atoms with van der Waals surface area (Å²) in [5.74, 6) is 1.55. The Morgan fingerprint density at radius 3 is 3.12 bits per heavy atom. The van der Waals surface area contributed by atoms with Gasteiger partial charge in [-0.05, 0) is 18.8 Å². The van der Waals surface area contributed by atoms with Crippen LogP contribution in [0.5, 0.6) is 0 Å². The van der Waals surface area contributed by atoms with Crippen molar-refractivity contribution < 1.29 is 4.74 Å². The lowest BCUT2D eigenvalue weighted by atomic mass is 10.2. The highest BCUT2D eigenvalue weighted by Crippen LogP contribution is 2.18. The first-order chi connectivity index (χ1) is 7.74. The maximum Gasteiger partial charge on any atom is 0.202 e. The fourth-order valence-corrected chi connectivity index (χ4v) is 2.31. The first-order valence-corrected chi connectivity index (χ1v) is 6.69. The zero-order chi connectivity index (χ0) is 11.4. The first-order valence-electron chi connectivity index (χ1n) is 5.92. The van der Waals surface area contributed by atoms with Crippen molar-refractivity contribution in [2.75, 3.05) is 18.5 Å². The van der Waals surface area contributed by atoms with Crippen molar-refractivity contribution in [3.05, 3.63) is 5.82 Å². The minimum Gasteiger partial charge on any atom is -0.378 e. The van der Waals surface area contributed by atoms with Crippen molar-refractivity contribution >= 4 is 16.7 Å². The molecule has 2 rings (SSSR count). The van der Waals surface area contributed by atoms with Gasteiger partial charge in [0.15, 0.2) is 0 Å². The highest BCUT2D eigenvalue weighted by molar-refractivity contribution is 7.09. The molecule has 0 aliphatic carbocycles. The molecule has 1 aliphatic heterocycles. The summed E-state index contributed by atoms with van der Waals surface area (Å²) in [5.41, 5.74) is 0. The summed E-state index contributed by atoms with van der Waals surface area (Å²) in [6.45, 7) is 6.21. The Labute approximate surface area is 101 Å². The molecule has 1 unspecified atom stereocenters. The molecule has 0 amide bonds. The molecule has 5 heteroatoms. The van der Waals surface area contributed by atoms with Crippen LogP contribution in [-0.4, -0.2) is 28.6 Å². The molecule has 1 aromatic heterocycles. The van der Waals surface area contributed by atoms with Crippen LogP contribution in [0, 0.1) is 5.92 Å². The molecular weight excluding hydrogens is 222 g/mol. The number of hydrogen-bond acceptors (Lipinski definition) is 5. The molecule has 2 heterocycles. The van der Waals surface area contributed by atoms with E-state index in [0.717, 1.165) is 36.9 Å². The fourth-order valence-electron chi connectivity index (χ4n) is 1.71. The van der Waals surface area contributed by atoms with Gasteiger partial charge in [-0.15, -0.1) is 0 Å². The zero-order valence-corrected chi connectivity index (χ0v) is 10.7. The van der Waals surface area contributed by atoms with E-state index in [4.69, 9.17) is 4.74 Å². The average molecular weight is 241 g/mol. The summed E-state index contributed by atoms with van der Waals surface area (Å²) in [6, 6.07) is 0. The predicted molar refractivity (Wildman–Crippen MR) is 65.9 cm³/mol. The molecule has 1 N–H and O–H groups in total. The smallest absolute Gasteiger partial charge is 0.202 e. The van der Waals surface area contributed by atoms with Crippen LogP contribution in [0.4, 0.5) is 5.13 Å². The van der Waals surface area contributed by atoms with E-state index in [0.29, 0.717) is 12.0 Å². The normalized spacial score (nSPS) is 20.6. The summed E-state index contributed by atoms with van der Waals surface area (Å²) in [6.07, 6.45) is 3.52. The highest BCUT2D eigenvalue weighted by Gasteiger charge is 2.18. The van der Waals surface area contributed by atoms with Crippen LogP contribution in [0.25, 0.3) is 0 Å². The molecule has 1 aromatic rings. The van der Waals surface area contributed by atoms with Gasteiger partial charge in [0.05, 0.1) is 6.10 Å². The molecule has 0 bridgehead atoms. The largest absolute Gasteiger partial charge is 0.378 e. The van der Waals surface area contributed by atoms with E-state index in [9.17, 15) is 0 Å². The van der Waals surface area contributed by atoms with E-state index < -0.39 is 0 Å². The van der Waals surface area contributed by atoms with Gasteiger partial charge in [-0.3, -0.25) is 0 Å². The van der Waals surface area contributed by atoms with Crippen molar-refractivity contribution in [3.8, 4) is 0 Å². The lowest BCUT2D eigenvalue weighted by Crippen LogP contribution is -2.10. The van der Waals surface area contributed by atoms with E-state index in [1.807, 2.05) is 0 Å². The topological polar surface area (TPSA) is 47.0 Å². The fraction of sp³-hybridized carbons (Fsp3) is 0.818. The first kappa shape index (κ1) is 11.8. The Morgan fingerprint density at radius 1 is 1.56 bits per heavy atom. The van der Waals surface area contributed by atoms with Gasteiger partial charge < -0.3 is 10.1 Å². The highest BCUT2D eigenvalue weighted by atomic mass is 32.1. The standard InChI is InChI=1S/C11H19N3OS/c1-8(2)7-12-11-13-10(14-16-11)6-9-4-3-5-15-9/h8-9H,3-7H2,1-2H3,(H,12,13,14). The second-order valence-electron chi connectivity index (χ2n) is 4.63. The third-order valence-corrected chi connectivity index (χ3v) is 3.27. The van der Waals surface area contributed by atoms with Crippen LogP contribution >= 0.6 is 11.5 Å². The third kappa shape index (κ3) is 3.42. The summed E-state index contributed by atoms with van der Waals surface area (Å²) in [7, 11) is 0. The van der Waals surface area contributed by atoms with Crippen LogP contribution < -0.4 is 5.32 Å². The van der Waals surface area contributed by atoms with Crippen molar-refractivity contribution in [1.29, 1.82) is 0 Å². The van der Waals surface area contributed by atoms with E-state index in [2.05, 4.69) is 28.5 Å². The lowest BCUT2D eigenvalue weighted by Gasteiger charge is -2.05. The second-order valence-corrected chi connectivity index (χ2v) is 5.38. The van der Waals surface area contributed by atoms with E-state index >= 15 is 0 Å². The van der Waals surface area contributed by atoms with Crippen LogP contribution in [0.15, 0.2) is 0 Å². The van der Waals surface area contributed by atoms with Crippen LogP contribution in [0.3, 0.4) is 0 Å².